The van der Waals surface area contributed by atoms with Crippen LogP contribution in [0.3, 0.4) is 0 Å². The highest BCUT2D eigenvalue weighted by atomic mass is 19.1. The molecule has 2 rings (SSSR count). The molecule has 1 N–H and O–H groups in total. The number of hydrogen-bond donors (Lipinski definition) is 1. The monoisotopic (exact) mass is 230 g/mol. The number of benzene rings is 1. The molecule has 0 saturated carbocycles. The normalized spacial score (nSPS) is 10.2. The fraction of sp³-hybridized carbons (Fsp3) is 0.214. The number of nitrogens with zero attached hydrogens (tertiary/aromatic N) is 1. The topological polar surface area (TPSA) is 24.9 Å². The fourth-order valence-electron chi connectivity index (χ4n) is 1.66. The second-order valence-corrected chi connectivity index (χ2v) is 3.85. The number of aromatic nitrogens is 1. The van der Waals surface area contributed by atoms with E-state index in [1.54, 1.807) is 12.3 Å². The van der Waals surface area contributed by atoms with E-state index in [1.165, 1.54) is 11.6 Å². The maximum absolute atomic E-state index is 13.2. The number of aryl methyl sites for hydroxylation is 1. The van der Waals surface area contributed by atoms with Crippen LogP contribution in [0, 0.1) is 5.82 Å². The van der Waals surface area contributed by atoms with E-state index in [-0.39, 0.29) is 5.82 Å². The molecule has 0 spiro atoms. The summed E-state index contributed by atoms with van der Waals surface area (Å²) in [6.07, 6.45) is 3.53. The molecule has 17 heavy (non-hydrogen) atoms. The van der Waals surface area contributed by atoms with E-state index in [4.69, 9.17) is 0 Å². The van der Waals surface area contributed by atoms with Gasteiger partial charge in [0.15, 0.2) is 11.6 Å². The van der Waals surface area contributed by atoms with Crippen LogP contribution < -0.4 is 5.32 Å². The van der Waals surface area contributed by atoms with Crippen LogP contribution >= 0.6 is 0 Å². The molecule has 0 amide bonds. The largest absolute Gasteiger partial charge is 0.368 e. The van der Waals surface area contributed by atoms with Crippen molar-refractivity contribution in [3.8, 4) is 0 Å². The van der Waals surface area contributed by atoms with Gasteiger partial charge in [0, 0.05) is 12.7 Å². The first-order chi connectivity index (χ1) is 8.36. The Balaban J connectivity index is 1.76. The number of halogens is 1. The Hall–Kier alpha value is -1.90. The van der Waals surface area contributed by atoms with E-state index < -0.39 is 0 Å². The smallest absolute Gasteiger partial charge is 0.165 e. The van der Waals surface area contributed by atoms with Crippen molar-refractivity contribution in [2.24, 2.45) is 0 Å². The molecule has 0 saturated heterocycles. The molecule has 88 valence electrons. The van der Waals surface area contributed by atoms with Gasteiger partial charge in [-0.05, 0) is 30.5 Å². The average Bonchev–Trinajstić information content (AvgIpc) is 2.38. The second-order valence-electron chi connectivity index (χ2n) is 3.85. The van der Waals surface area contributed by atoms with Crippen molar-refractivity contribution in [3.63, 3.8) is 0 Å². The molecular weight excluding hydrogens is 215 g/mol. The summed E-state index contributed by atoms with van der Waals surface area (Å²) in [6, 6.07) is 13.3. The molecule has 2 nitrogen and oxygen atoms in total. The first-order valence-corrected chi connectivity index (χ1v) is 5.74. The predicted octanol–water partition coefficient (Wildman–Crippen LogP) is 3.27. The number of pyridine rings is 1. The highest BCUT2D eigenvalue weighted by Crippen LogP contribution is 2.09. The number of anilines is 1. The molecule has 0 aliphatic heterocycles. The van der Waals surface area contributed by atoms with Crippen molar-refractivity contribution in [1.82, 2.24) is 4.98 Å². The van der Waals surface area contributed by atoms with Crippen molar-refractivity contribution in [2.75, 3.05) is 11.9 Å². The van der Waals surface area contributed by atoms with Gasteiger partial charge >= 0.3 is 0 Å². The van der Waals surface area contributed by atoms with Crippen LogP contribution in [-0.4, -0.2) is 11.5 Å². The Morgan fingerprint density at radius 1 is 1.06 bits per heavy atom. The van der Waals surface area contributed by atoms with E-state index in [9.17, 15) is 4.39 Å². The van der Waals surface area contributed by atoms with Crippen molar-refractivity contribution in [3.05, 3.63) is 60.0 Å². The zero-order valence-electron chi connectivity index (χ0n) is 9.57. The lowest BCUT2D eigenvalue weighted by Crippen LogP contribution is -2.06. The Labute approximate surface area is 101 Å². The van der Waals surface area contributed by atoms with E-state index in [1.807, 2.05) is 18.2 Å². The second kappa shape index (κ2) is 5.99. The number of rotatable bonds is 5. The molecule has 2 aromatic rings. The zero-order chi connectivity index (χ0) is 11.9. The van der Waals surface area contributed by atoms with Gasteiger partial charge in [0.05, 0.1) is 0 Å². The minimum atomic E-state index is -0.299. The molecule has 1 aromatic carbocycles. The summed E-state index contributed by atoms with van der Waals surface area (Å²) in [5.74, 6) is 0.0350. The lowest BCUT2D eigenvalue weighted by atomic mass is 10.1. The third-order valence-electron chi connectivity index (χ3n) is 2.54. The lowest BCUT2D eigenvalue weighted by Gasteiger charge is -2.06. The van der Waals surface area contributed by atoms with Gasteiger partial charge in [-0.2, -0.15) is 0 Å². The highest BCUT2D eigenvalue weighted by Gasteiger charge is 2.00. The summed E-state index contributed by atoms with van der Waals surface area (Å²) in [5, 5.41) is 3.00. The summed E-state index contributed by atoms with van der Waals surface area (Å²) in [4.78, 5) is 3.94. The summed E-state index contributed by atoms with van der Waals surface area (Å²) in [5.41, 5.74) is 1.30. The van der Waals surface area contributed by atoms with E-state index in [0.29, 0.717) is 5.82 Å². The van der Waals surface area contributed by atoms with Gasteiger partial charge in [-0.25, -0.2) is 9.37 Å². The Morgan fingerprint density at radius 2 is 1.88 bits per heavy atom. The minimum absolute atomic E-state index is 0.299. The molecule has 1 heterocycles. The van der Waals surface area contributed by atoms with Crippen molar-refractivity contribution in [2.45, 2.75) is 12.8 Å². The number of hydrogen-bond acceptors (Lipinski definition) is 2. The van der Waals surface area contributed by atoms with Crippen LogP contribution in [0.25, 0.3) is 0 Å². The third-order valence-corrected chi connectivity index (χ3v) is 2.54. The maximum atomic E-state index is 13.2. The van der Waals surface area contributed by atoms with Gasteiger partial charge in [0.2, 0.25) is 0 Å². The molecule has 0 atom stereocenters. The first kappa shape index (κ1) is 11.6. The Kier molecular flexibility index (Phi) is 4.08. The van der Waals surface area contributed by atoms with Crippen LogP contribution in [0.15, 0.2) is 48.7 Å². The summed E-state index contributed by atoms with van der Waals surface area (Å²) < 4.78 is 13.2. The standard InChI is InChI=1S/C14H15FN2/c15-13-9-5-11-17-14(13)16-10-4-8-12-6-2-1-3-7-12/h1-3,5-7,9,11H,4,8,10H2,(H,16,17). The first-order valence-electron chi connectivity index (χ1n) is 5.74. The van der Waals surface area contributed by atoms with Crippen LogP contribution in [0.5, 0.6) is 0 Å². The van der Waals surface area contributed by atoms with Gasteiger partial charge in [-0.15, -0.1) is 0 Å². The molecule has 0 unspecified atom stereocenters. The van der Waals surface area contributed by atoms with Crippen LogP contribution in [-0.2, 0) is 6.42 Å². The minimum Gasteiger partial charge on any atom is -0.368 e. The molecule has 0 radical (unpaired) electrons. The third kappa shape index (κ3) is 3.55. The van der Waals surface area contributed by atoms with E-state index in [0.717, 1.165) is 19.4 Å². The van der Waals surface area contributed by atoms with Crippen LogP contribution in [0.1, 0.15) is 12.0 Å². The highest BCUT2D eigenvalue weighted by molar-refractivity contribution is 5.35. The Morgan fingerprint density at radius 3 is 2.65 bits per heavy atom. The van der Waals surface area contributed by atoms with Crippen LogP contribution in [0.4, 0.5) is 10.2 Å². The maximum Gasteiger partial charge on any atom is 0.165 e. The Bertz CT molecular complexity index is 457. The lowest BCUT2D eigenvalue weighted by molar-refractivity contribution is 0.623. The van der Waals surface area contributed by atoms with Gasteiger partial charge in [0.1, 0.15) is 0 Å². The number of nitrogens with one attached hydrogen (secondary N) is 1. The molecule has 1 aromatic heterocycles. The van der Waals surface area contributed by atoms with Gasteiger partial charge in [-0.3, -0.25) is 0 Å². The van der Waals surface area contributed by atoms with Crippen molar-refractivity contribution >= 4 is 5.82 Å². The average molecular weight is 230 g/mol. The van der Waals surface area contributed by atoms with Gasteiger partial charge < -0.3 is 5.32 Å². The van der Waals surface area contributed by atoms with Crippen molar-refractivity contribution < 1.29 is 4.39 Å². The molecule has 0 fully saturated rings. The molecule has 0 aliphatic rings. The van der Waals surface area contributed by atoms with Gasteiger partial charge in [0.25, 0.3) is 0 Å². The summed E-state index contributed by atoms with van der Waals surface area (Å²) in [7, 11) is 0. The molecular formula is C14H15FN2. The zero-order valence-corrected chi connectivity index (χ0v) is 9.57. The van der Waals surface area contributed by atoms with E-state index >= 15 is 0 Å². The van der Waals surface area contributed by atoms with Crippen molar-refractivity contribution in [1.29, 1.82) is 0 Å². The molecule has 0 aliphatic carbocycles. The quantitative estimate of drug-likeness (QED) is 0.797. The van der Waals surface area contributed by atoms with Crippen LogP contribution in [0.2, 0.25) is 0 Å². The van der Waals surface area contributed by atoms with Gasteiger partial charge in [-0.1, -0.05) is 30.3 Å². The summed E-state index contributed by atoms with van der Waals surface area (Å²) >= 11 is 0. The SMILES string of the molecule is Fc1cccnc1NCCCc1ccccc1. The van der Waals surface area contributed by atoms with E-state index in [2.05, 4.69) is 22.4 Å². The predicted molar refractivity (Wildman–Crippen MR) is 67.4 cm³/mol. The summed E-state index contributed by atoms with van der Waals surface area (Å²) in [6.45, 7) is 0.725. The fourth-order valence-corrected chi connectivity index (χ4v) is 1.66. The molecule has 3 heteroatoms. The molecule has 0 bridgehead atoms.